The number of ether oxygens (including phenoxy) is 6. The van der Waals surface area contributed by atoms with Crippen LogP contribution in [0.15, 0.2) is 48.2 Å². The van der Waals surface area contributed by atoms with Crippen molar-refractivity contribution in [3.63, 3.8) is 0 Å². The van der Waals surface area contributed by atoms with E-state index >= 15 is 0 Å². The maximum atomic E-state index is 13.3. The molecule has 0 atom stereocenters. The third-order valence-corrected chi connectivity index (χ3v) is 7.06. The number of nitrogens with zero attached hydrogens (tertiary/aromatic N) is 1. The molecule has 3 heterocycles. The summed E-state index contributed by atoms with van der Waals surface area (Å²) in [6.07, 6.45) is 2.48. The molecular formula is C29H26ClNO7. The topological polar surface area (TPSA) is 75.7 Å². The molecule has 3 aromatic rings. The molecule has 3 aromatic carbocycles. The lowest BCUT2D eigenvalue weighted by Crippen LogP contribution is -2.33. The average Bonchev–Trinajstić information content (AvgIpc) is 3.26. The van der Waals surface area contributed by atoms with Crippen LogP contribution in [-0.4, -0.2) is 45.0 Å². The molecule has 3 aliphatic heterocycles. The minimum atomic E-state index is -0.189. The summed E-state index contributed by atoms with van der Waals surface area (Å²) in [6, 6.07) is 13.1. The first-order chi connectivity index (χ1) is 18.5. The second kappa shape index (κ2) is 10.2. The Morgan fingerprint density at radius 1 is 1.03 bits per heavy atom. The number of hydrogen-bond donors (Lipinski definition) is 0. The van der Waals surface area contributed by atoms with Gasteiger partial charge in [0.1, 0.15) is 24.0 Å². The van der Waals surface area contributed by atoms with Crippen molar-refractivity contribution in [2.75, 3.05) is 34.3 Å². The number of methoxy groups -OCH3 is 2. The van der Waals surface area contributed by atoms with Crippen LogP contribution in [-0.2, 0) is 24.3 Å². The lowest BCUT2D eigenvalue weighted by Gasteiger charge is -2.29. The first kappa shape index (κ1) is 24.6. The van der Waals surface area contributed by atoms with Crippen LogP contribution in [0.25, 0.3) is 6.08 Å². The number of allylic oxidation sites excluding steroid dienone is 1. The molecule has 3 aliphatic rings. The molecule has 196 valence electrons. The standard InChI is InChI=1S/C29H26ClNO7/c1-33-24-5-3-17(9-25(24)34-2)7-8-31-13-22-23(36-15-31)6-4-21-27(32)26(38-29(21)22)12-18-10-20(30)11-19-14-35-16-37-28(18)19/h3-6,9-12H,7-8,13-16H2,1-2H3/b26-12-. The average molecular weight is 536 g/mol. The highest BCUT2D eigenvalue weighted by Crippen LogP contribution is 2.43. The van der Waals surface area contributed by atoms with Gasteiger partial charge in [0.05, 0.1) is 32.0 Å². The predicted molar refractivity (Wildman–Crippen MR) is 140 cm³/mol. The van der Waals surface area contributed by atoms with Crippen LogP contribution < -0.4 is 23.7 Å². The van der Waals surface area contributed by atoms with E-state index in [4.69, 9.17) is 40.0 Å². The fourth-order valence-electron chi connectivity index (χ4n) is 4.93. The van der Waals surface area contributed by atoms with Gasteiger partial charge in [0, 0.05) is 29.2 Å². The Kier molecular flexibility index (Phi) is 6.61. The number of hydrogen-bond acceptors (Lipinski definition) is 8. The molecule has 38 heavy (non-hydrogen) atoms. The quantitative estimate of drug-likeness (QED) is 0.397. The SMILES string of the molecule is COc1ccc(CCN2COc3ccc4c(c3C2)O/C(=C\c2cc(Cl)cc3c2OCOC3)C4=O)cc1OC. The molecule has 0 spiro atoms. The minimum Gasteiger partial charge on any atom is -0.493 e. The second-order valence-electron chi connectivity index (χ2n) is 9.22. The highest BCUT2D eigenvalue weighted by molar-refractivity contribution is 6.31. The summed E-state index contributed by atoms with van der Waals surface area (Å²) < 4.78 is 34.0. The second-order valence-corrected chi connectivity index (χ2v) is 9.65. The van der Waals surface area contributed by atoms with Gasteiger partial charge in [0.25, 0.3) is 0 Å². The number of rotatable bonds is 6. The van der Waals surface area contributed by atoms with E-state index in [1.807, 2.05) is 24.3 Å². The fourth-order valence-corrected chi connectivity index (χ4v) is 5.18. The lowest BCUT2D eigenvalue weighted by molar-refractivity contribution is -0.0165. The molecule has 6 rings (SSSR count). The smallest absolute Gasteiger partial charge is 0.231 e. The molecular weight excluding hydrogens is 510 g/mol. The van der Waals surface area contributed by atoms with Crippen LogP contribution >= 0.6 is 11.6 Å². The Bertz CT molecular complexity index is 1450. The zero-order chi connectivity index (χ0) is 26.2. The van der Waals surface area contributed by atoms with Gasteiger partial charge >= 0.3 is 0 Å². The summed E-state index contributed by atoms with van der Waals surface area (Å²) in [6.45, 7) is 2.33. The van der Waals surface area contributed by atoms with Gasteiger partial charge in [-0.15, -0.1) is 0 Å². The molecule has 8 nitrogen and oxygen atoms in total. The van der Waals surface area contributed by atoms with Gasteiger partial charge in [-0.2, -0.15) is 0 Å². The van der Waals surface area contributed by atoms with Gasteiger partial charge in [-0.25, -0.2) is 0 Å². The van der Waals surface area contributed by atoms with Crippen LogP contribution in [0, 0.1) is 0 Å². The summed E-state index contributed by atoms with van der Waals surface area (Å²) in [4.78, 5) is 15.5. The van der Waals surface area contributed by atoms with E-state index in [9.17, 15) is 4.79 Å². The van der Waals surface area contributed by atoms with Crippen molar-refractivity contribution in [2.45, 2.75) is 19.6 Å². The van der Waals surface area contributed by atoms with E-state index in [1.54, 1.807) is 38.5 Å². The van der Waals surface area contributed by atoms with E-state index in [2.05, 4.69) is 4.90 Å². The molecule has 0 fully saturated rings. The molecule has 9 heteroatoms. The van der Waals surface area contributed by atoms with Crippen molar-refractivity contribution < 1.29 is 33.2 Å². The van der Waals surface area contributed by atoms with Crippen LogP contribution in [0.1, 0.15) is 32.6 Å². The van der Waals surface area contributed by atoms with E-state index < -0.39 is 0 Å². The van der Waals surface area contributed by atoms with Gasteiger partial charge in [0.15, 0.2) is 24.1 Å². The fraction of sp³-hybridized carbons (Fsp3) is 0.276. The highest BCUT2D eigenvalue weighted by atomic mass is 35.5. The van der Waals surface area contributed by atoms with Gasteiger partial charge in [-0.1, -0.05) is 17.7 Å². The van der Waals surface area contributed by atoms with Crippen LogP contribution in [0.3, 0.4) is 0 Å². The van der Waals surface area contributed by atoms with Gasteiger partial charge in [-0.3, -0.25) is 9.69 Å². The third kappa shape index (κ3) is 4.55. The molecule has 0 amide bonds. The van der Waals surface area contributed by atoms with E-state index in [0.717, 1.165) is 35.4 Å². The van der Waals surface area contributed by atoms with Crippen molar-refractivity contribution in [3.05, 3.63) is 81.1 Å². The number of carbonyl (C=O) groups is 1. The maximum absolute atomic E-state index is 13.3. The Hall–Kier alpha value is -3.72. The third-order valence-electron chi connectivity index (χ3n) is 6.84. The highest BCUT2D eigenvalue weighted by Gasteiger charge is 2.34. The zero-order valence-corrected chi connectivity index (χ0v) is 21.8. The van der Waals surface area contributed by atoms with Crippen molar-refractivity contribution >= 4 is 23.5 Å². The van der Waals surface area contributed by atoms with Gasteiger partial charge < -0.3 is 28.4 Å². The first-order valence-electron chi connectivity index (χ1n) is 12.2. The number of ketones is 1. The largest absolute Gasteiger partial charge is 0.493 e. The summed E-state index contributed by atoms with van der Waals surface area (Å²) in [5, 5.41) is 0.531. The summed E-state index contributed by atoms with van der Waals surface area (Å²) in [5.74, 6) is 3.34. The Morgan fingerprint density at radius 3 is 2.74 bits per heavy atom. The minimum absolute atomic E-state index is 0.143. The maximum Gasteiger partial charge on any atom is 0.231 e. The van der Waals surface area contributed by atoms with E-state index in [-0.39, 0.29) is 18.3 Å². The summed E-state index contributed by atoms with van der Waals surface area (Å²) in [5.41, 5.74) is 4.00. The summed E-state index contributed by atoms with van der Waals surface area (Å²) in [7, 11) is 3.25. The Balaban J connectivity index is 1.22. The number of halogens is 1. The van der Waals surface area contributed by atoms with Crippen molar-refractivity contribution in [3.8, 4) is 28.7 Å². The normalized spacial score (nSPS) is 17.1. The number of fused-ring (bicyclic) bond motifs is 4. The van der Waals surface area contributed by atoms with Gasteiger partial charge in [-0.05, 0) is 54.5 Å². The van der Waals surface area contributed by atoms with Gasteiger partial charge in [0.2, 0.25) is 5.78 Å². The zero-order valence-electron chi connectivity index (χ0n) is 21.0. The number of benzene rings is 3. The molecule has 0 aliphatic carbocycles. The van der Waals surface area contributed by atoms with Crippen molar-refractivity contribution in [1.82, 2.24) is 4.90 Å². The molecule has 0 bridgehead atoms. The Morgan fingerprint density at radius 2 is 1.89 bits per heavy atom. The number of carbonyl (C=O) groups excluding carboxylic acids is 1. The number of Topliss-reactive ketones (excluding diaryl/α,β-unsaturated/α-hetero) is 1. The Labute approximate surface area is 225 Å². The molecule has 0 aromatic heterocycles. The van der Waals surface area contributed by atoms with E-state index in [0.29, 0.717) is 59.0 Å². The molecule has 0 N–H and O–H groups in total. The molecule has 0 saturated heterocycles. The monoisotopic (exact) mass is 535 g/mol. The molecule has 0 saturated carbocycles. The van der Waals surface area contributed by atoms with E-state index in [1.165, 1.54) is 0 Å². The van der Waals surface area contributed by atoms with Crippen LogP contribution in [0.4, 0.5) is 0 Å². The molecule has 0 radical (unpaired) electrons. The predicted octanol–water partition coefficient (Wildman–Crippen LogP) is 5.23. The van der Waals surface area contributed by atoms with Crippen molar-refractivity contribution in [1.29, 1.82) is 0 Å². The van der Waals surface area contributed by atoms with Crippen LogP contribution in [0.2, 0.25) is 5.02 Å². The van der Waals surface area contributed by atoms with Crippen LogP contribution in [0.5, 0.6) is 28.7 Å². The van der Waals surface area contributed by atoms with Crippen molar-refractivity contribution in [2.24, 2.45) is 0 Å². The summed E-state index contributed by atoms with van der Waals surface area (Å²) >= 11 is 6.31. The first-order valence-corrected chi connectivity index (χ1v) is 12.6. The lowest BCUT2D eigenvalue weighted by atomic mass is 10.0. The molecule has 0 unspecified atom stereocenters.